The van der Waals surface area contributed by atoms with Crippen molar-refractivity contribution in [2.45, 2.75) is 12.8 Å². The Kier molecular flexibility index (Phi) is 4.84. The summed E-state index contributed by atoms with van der Waals surface area (Å²) >= 11 is 0. The van der Waals surface area contributed by atoms with Gasteiger partial charge in [-0.2, -0.15) is 0 Å². The highest BCUT2D eigenvalue weighted by Gasteiger charge is 2.13. The molecule has 1 heterocycles. The average Bonchev–Trinajstić information content (AvgIpc) is 2.45. The molecule has 4 nitrogen and oxygen atoms in total. The van der Waals surface area contributed by atoms with Gasteiger partial charge in [-0.25, -0.2) is 0 Å². The summed E-state index contributed by atoms with van der Waals surface area (Å²) in [5, 5.41) is 8.94. The predicted octanol–water partition coefficient (Wildman–Crippen LogP) is 1.46. The zero-order valence-corrected chi connectivity index (χ0v) is 10.9. The summed E-state index contributed by atoms with van der Waals surface area (Å²) in [4.78, 5) is 2.32. The minimum Gasteiger partial charge on any atom is -0.496 e. The Balaban J connectivity index is 2.15. The molecule has 1 saturated heterocycles. The molecule has 1 aromatic rings. The molecule has 0 bridgehead atoms. The predicted molar refractivity (Wildman–Crippen MR) is 71.4 cm³/mol. The minimum atomic E-state index is 0.213. The monoisotopic (exact) mass is 251 g/mol. The Bertz CT molecular complexity index is 375. The van der Waals surface area contributed by atoms with Gasteiger partial charge in [0.1, 0.15) is 5.75 Å². The van der Waals surface area contributed by atoms with Crippen LogP contribution in [0.15, 0.2) is 18.2 Å². The quantitative estimate of drug-likeness (QED) is 0.860. The summed E-state index contributed by atoms with van der Waals surface area (Å²) in [6, 6.07) is 6.27. The third-order valence-corrected chi connectivity index (χ3v) is 3.24. The molecule has 0 unspecified atom stereocenters. The number of morpholine rings is 1. The van der Waals surface area contributed by atoms with Gasteiger partial charge in [-0.05, 0) is 36.6 Å². The Hall–Kier alpha value is -1.26. The number of nitrogens with zero attached hydrogens (tertiary/aromatic N) is 1. The SMILES string of the molecule is COc1ccc(N2CCOCC2)cc1CCCO. The smallest absolute Gasteiger partial charge is 0.122 e. The van der Waals surface area contributed by atoms with Gasteiger partial charge < -0.3 is 19.5 Å². The van der Waals surface area contributed by atoms with Crippen molar-refractivity contribution < 1.29 is 14.6 Å². The first kappa shape index (κ1) is 13.2. The summed E-state index contributed by atoms with van der Waals surface area (Å²) in [6.07, 6.45) is 1.61. The zero-order valence-electron chi connectivity index (χ0n) is 10.9. The van der Waals surface area contributed by atoms with Crippen LogP contribution >= 0.6 is 0 Å². The summed E-state index contributed by atoms with van der Waals surface area (Å²) in [5.74, 6) is 0.903. The maximum Gasteiger partial charge on any atom is 0.122 e. The second-order valence-corrected chi connectivity index (χ2v) is 4.42. The van der Waals surface area contributed by atoms with Crippen molar-refractivity contribution in [2.24, 2.45) is 0 Å². The molecule has 0 radical (unpaired) electrons. The Morgan fingerprint density at radius 1 is 1.33 bits per heavy atom. The molecule has 0 aliphatic carbocycles. The van der Waals surface area contributed by atoms with Crippen LogP contribution in [0.5, 0.6) is 5.75 Å². The second kappa shape index (κ2) is 6.61. The van der Waals surface area contributed by atoms with Crippen LogP contribution < -0.4 is 9.64 Å². The average molecular weight is 251 g/mol. The van der Waals surface area contributed by atoms with E-state index in [2.05, 4.69) is 17.0 Å². The van der Waals surface area contributed by atoms with Crippen LogP contribution in [0.4, 0.5) is 5.69 Å². The largest absolute Gasteiger partial charge is 0.496 e. The first-order valence-corrected chi connectivity index (χ1v) is 6.45. The standard InChI is InChI=1S/C14H21NO3/c1-17-14-5-4-13(11-12(14)3-2-8-16)15-6-9-18-10-7-15/h4-5,11,16H,2-3,6-10H2,1H3. The van der Waals surface area contributed by atoms with Gasteiger partial charge in [0.15, 0.2) is 0 Å². The number of hydrogen-bond donors (Lipinski definition) is 1. The Morgan fingerprint density at radius 2 is 2.11 bits per heavy atom. The Morgan fingerprint density at radius 3 is 2.78 bits per heavy atom. The highest BCUT2D eigenvalue weighted by molar-refractivity contribution is 5.53. The van der Waals surface area contributed by atoms with E-state index in [1.165, 1.54) is 5.69 Å². The Labute approximate surface area is 108 Å². The van der Waals surface area contributed by atoms with Crippen molar-refractivity contribution in [1.82, 2.24) is 0 Å². The number of aryl methyl sites for hydroxylation is 1. The van der Waals surface area contributed by atoms with Crippen LogP contribution in [0, 0.1) is 0 Å². The lowest BCUT2D eigenvalue weighted by Gasteiger charge is -2.29. The molecule has 2 rings (SSSR count). The van der Waals surface area contributed by atoms with E-state index in [9.17, 15) is 0 Å². The van der Waals surface area contributed by atoms with Gasteiger partial charge in [0.05, 0.1) is 20.3 Å². The summed E-state index contributed by atoms with van der Waals surface area (Å²) in [6.45, 7) is 3.67. The summed E-state index contributed by atoms with van der Waals surface area (Å²) < 4.78 is 10.7. The van der Waals surface area contributed by atoms with Crippen LogP contribution in [0.2, 0.25) is 0 Å². The fourth-order valence-electron chi connectivity index (χ4n) is 2.25. The number of aliphatic hydroxyl groups is 1. The number of aliphatic hydroxyl groups excluding tert-OH is 1. The van der Waals surface area contributed by atoms with Crippen molar-refractivity contribution in [2.75, 3.05) is 44.9 Å². The zero-order chi connectivity index (χ0) is 12.8. The highest BCUT2D eigenvalue weighted by Crippen LogP contribution is 2.26. The van der Waals surface area contributed by atoms with E-state index in [1.54, 1.807) is 7.11 Å². The first-order chi connectivity index (χ1) is 8.85. The van der Waals surface area contributed by atoms with Crippen LogP contribution in [-0.2, 0) is 11.2 Å². The molecule has 0 atom stereocenters. The molecule has 18 heavy (non-hydrogen) atoms. The van der Waals surface area contributed by atoms with Crippen molar-refractivity contribution in [1.29, 1.82) is 0 Å². The number of methoxy groups -OCH3 is 1. The molecule has 1 fully saturated rings. The lowest BCUT2D eigenvalue weighted by atomic mass is 10.1. The van der Waals surface area contributed by atoms with Crippen molar-refractivity contribution in [3.8, 4) is 5.75 Å². The maximum absolute atomic E-state index is 8.94. The van der Waals surface area contributed by atoms with E-state index in [0.717, 1.165) is 50.5 Å². The van der Waals surface area contributed by atoms with Gasteiger partial charge >= 0.3 is 0 Å². The number of rotatable bonds is 5. The normalized spacial score (nSPS) is 15.8. The molecule has 1 aromatic carbocycles. The lowest BCUT2D eigenvalue weighted by molar-refractivity contribution is 0.122. The van der Waals surface area contributed by atoms with Crippen LogP contribution in [0.1, 0.15) is 12.0 Å². The molecule has 0 amide bonds. The lowest BCUT2D eigenvalue weighted by Crippen LogP contribution is -2.36. The molecule has 100 valence electrons. The third kappa shape index (κ3) is 3.15. The molecule has 1 aliphatic heterocycles. The fourth-order valence-corrected chi connectivity index (χ4v) is 2.25. The van der Waals surface area contributed by atoms with Gasteiger partial charge in [-0.15, -0.1) is 0 Å². The molecule has 4 heteroatoms. The van der Waals surface area contributed by atoms with E-state index < -0.39 is 0 Å². The van der Waals surface area contributed by atoms with Gasteiger partial charge in [-0.3, -0.25) is 0 Å². The molecule has 1 aliphatic rings. The first-order valence-electron chi connectivity index (χ1n) is 6.45. The fraction of sp³-hybridized carbons (Fsp3) is 0.571. The number of anilines is 1. The van der Waals surface area contributed by atoms with Crippen LogP contribution in [0.25, 0.3) is 0 Å². The molecule has 0 aromatic heterocycles. The molecule has 0 spiro atoms. The third-order valence-electron chi connectivity index (χ3n) is 3.24. The number of benzene rings is 1. The van der Waals surface area contributed by atoms with E-state index in [1.807, 2.05) is 6.07 Å². The van der Waals surface area contributed by atoms with Crippen molar-refractivity contribution in [3.63, 3.8) is 0 Å². The molecule has 0 saturated carbocycles. The van der Waals surface area contributed by atoms with Crippen LogP contribution in [-0.4, -0.2) is 45.1 Å². The van der Waals surface area contributed by atoms with Gasteiger partial charge in [0, 0.05) is 25.4 Å². The van der Waals surface area contributed by atoms with Crippen LogP contribution in [0.3, 0.4) is 0 Å². The number of hydrogen-bond acceptors (Lipinski definition) is 4. The maximum atomic E-state index is 8.94. The van der Waals surface area contributed by atoms with Crippen molar-refractivity contribution >= 4 is 5.69 Å². The van der Waals surface area contributed by atoms with E-state index >= 15 is 0 Å². The van der Waals surface area contributed by atoms with Gasteiger partial charge in [-0.1, -0.05) is 0 Å². The van der Waals surface area contributed by atoms with Gasteiger partial charge in [0.25, 0.3) is 0 Å². The number of ether oxygens (including phenoxy) is 2. The van der Waals surface area contributed by atoms with E-state index in [0.29, 0.717) is 0 Å². The van der Waals surface area contributed by atoms with Gasteiger partial charge in [0.2, 0.25) is 0 Å². The molecular formula is C14H21NO3. The second-order valence-electron chi connectivity index (χ2n) is 4.42. The summed E-state index contributed by atoms with van der Waals surface area (Å²) in [7, 11) is 1.69. The van der Waals surface area contributed by atoms with E-state index in [-0.39, 0.29) is 6.61 Å². The summed E-state index contributed by atoms with van der Waals surface area (Å²) in [5.41, 5.74) is 2.38. The minimum absolute atomic E-state index is 0.213. The molecular weight excluding hydrogens is 230 g/mol. The van der Waals surface area contributed by atoms with Crippen molar-refractivity contribution in [3.05, 3.63) is 23.8 Å². The molecule has 1 N–H and O–H groups in total. The van der Waals surface area contributed by atoms with E-state index in [4.69, 9.17) is 14.6 Å². The topological polar surface area (TPSA) is 41.9 Å². The highest BCUT2D eigenvalue weighted by atomic mass is 16.5.